The number of aliphatic hydroxyl groups is 2. The van der Waals surface area contributed by atoms with Crippen molar-refractivity contribution in [2.75, 3.05) is 0 Å². The molecule has 0 aliphatic heterocycles. The summed E-state index contributed by atoms with van der Waals surface area (Å²) in [6.45, 7) is 9.10. The summed E-state index contributed by atoms with van der Waals surface area (Å²) in [5.74, 6) is 2.78. The van der Waals surface area contributed by atoms with Crippen molar-refractivity contribution in [2.24, 2.45) is 46.3 Å². The van der Waals surface area contributed by atoms with Gasteiger partial charge in [0.05, 0.1) is 12.2 Å². The highest BCUT2D eigenvalue weighted by Crippen LogP contribution is 2.67. The van der Waals surface area contributed by atoms with Gasteiger partial charge in [0, 0.05) is 11.8 Å². The average Bonchev–Trinajstić information content (AvgIpc) is 2.89. The number of Topliss-reactive ketones (excluding diaryl/α,β-unsaturated/α-hetero) is 1. The Morgan fingerprint density at radius 1 is 1.04 bits per heavy atom. The quantitative estimate of drug-likeness (QED) is 0.757. The zero-order valence-corrected chi connectivity index (χ0v) is 16.4. The molecule has 0 spiro atoms. The van der Waals surface area contributed by atoms with Crippen molar-refractivity contribution < 1.29 is 15.0 Å². The minimum Gasteiger partial charge on any atom is -0.393 e. The van der Waals surface area contributed by atoms with Crippen LogP contribution in [0.15, 0.2) is 0 Å². The minimum absolute atomic E-state index is 0.121. The molecule has 3 heteroatoms. The molecule has 3 unspecified atom stereocenters. The fraction of sp³-hybridized carbons (Fsp3) is 0.955. The lowest BCUT2D eigenvalue weighted by Crippen LogP contribution is -2.61. The van der Waals surface area contributed by atoms with E-state index in [1.54, 1.807) is 0 Å². The molecule has 9 atom stereocenters. The molecule has 0 aromatic heterocycles. The molecule has 25 heavy (non-hydrogen) atoms. The van der Waals surface area contributed by atoms with Crippen LogP contribution in [0.5, 0.6) is 0 Å². The van der Waals surface area contributed by atoms with Gasteiger partial charge in [0.2, 0.25) is 0 Å². The van der Waals surface area contributed by atoms with E-state index < -0.39 is 0 Å². The number of carbonyl (C=O) groups excluding carboxylic acids is 1. The van der Waals surface area contributed by atoms with E-state index in [2.05, 4.69) is 27.7 Å². The second kappa shape index (κ2) is 5.79. The Bertz CT molecular complexity index is 557. The molecule has 0 aromatic carbocycles. The smallest absolute Gasteiger partial charge is 0.139 e. The molecular formula is C22H36O3. The maximum absolute atomic E-state index is 13.4. The van der Waals surface area contributed by atoms with Crippen molar-refractivity contribution in [1.29, 1.82) is 0 Å². The molecule has 2 N–H and O–H groups in total. The summed E-state index contributed by atoms with van der Waals surface area (Å²) < 4.78 is 0. The third-order valence-corrected chi connectivity index (χ3v) is 9.39. The van der Waals surface area contributed by atoms with Crippen molar-refractivity contribution in [3.63, 3.8) is 0 Å². The van der Waals surface area contributed by atoms with Crippen LogP contribution in [0.25, 0.3) is 0 Å². The monoisotopic (exact) mass is 348 g/mol. The third-order valence-electron chi connectivity index (χ3n) is 9.39. The standard InChI is InChI=1S/C22H36O3/c1-12(2)15-5-6-16-20-17(11-19(25)22(15,16)4)21(3)8-7-14(23)9-13(21)10-18(20)24/h12-18,20,23-24H,5-11H2,1-4H3/t13?,14?,15-,16+,17+,18-,20?,21+,22-/m1/s1. The highest BCUT2D eigenvalue weighted by atomic mass is 16.3. The predicted octanol–water partition coefficient (Wildman–Crippen LogP) is 3.81. The molecule has 4 aliphatic carbocycles. The molecule has 0 saturated heterocycles. The van der Waals surface area contributed by atoms with E-state index in [-0.39, 0.29) is 29.0 Å². The van der Waals surface area contributed by atoms with Crippen LogP contribution in [0.2, 0.25) is 0 Å². The first-order chi connectivity index (χ1) is 11.7. The van der Waals surface area contributed by atoms with Crippen molar-refractivity contribution in [2.45, 2.75) is 84.8 Å². The Morgan fingerprint density at radius 3 is 2.44 bits per heavy atom. The fourth-order valence-electron chi connectivity index (χ4n) is 8.01. The molecule has 0 amide bonds. The molecule has 4 aliphatic rings. The summed E-state index contributed by atoms with van der Waals surface area (Å²) in [6, 6.07) is 0. The molecule has 4 saturated carbocycles. The van der Waals surface area contributed by atoms with Gasteiger partial charge < -0.3 is 10.2 Å². The molecule has 0 aromatic rings. The summed E-state index contributed by atoms with van der Waals surface area (Å²) >= 11 is 0. The van der Waals surface area contributed by atoms with Crippen LogP contribution in [0.1, 0.15) is 72.6 Å². The molecular weight excluding hydrogens is 312 g/mol. The molecule has 0 radical (unpaired) electrons. The lowest BCUT2D eigenvalue weighted by molar-refractivity contribution is -0.181. The van der Waals surface area contributed by atoms with Gasteiger partial charge in [-0.1, -0.05) is 27.7 Å². The first-order valence-corrected chi connectivity index (χ1v) is 10.6. The first kappa shape index (κ1) is 18.0. The van der Waals surface area contributed by atoms with Gasteiger partial charge in [-0.25, -0.2) is 0 Å². The van der Waals surface area contributed by atoms with E-state index in [4.69, 9.17) is 0 Å². The molecule has 4 fully saturated rings. The van der Waals surface area contributed by atoms with Gasteiger partial charge in [0.15, 0.2) is 0 Å². The van der Waals surface area contributed by atoms with Crippen molar-refractivity contribution >= 4 is 5.78 Å². The molecule has 0 heterocycles. The summed E-state index contributed by atoms with van der Waals surface area (Å²) in [4.78, 5) is 13.4. The van der Waals surface area contributed by atoms with Gasteiger partial charge in [-0.15, -0.1) is 0 Å². The normalized spacial score (nSPS) is 55.6. The van der Waals surface area contributed by atoms with Crippen LogP contribution < -0.4 is 0 Å². The van der Waals surface area contributed by atoms with Crippen molar-refractivity contribution in [3.8, 4) is 0 Å². The predicted molar refractivity (Wildman–Crippen MR) is 97.8 cm³/mol. The van der Waals surface area contributed by atoms with E-state index in [1.165, 1.54) is 0 Å². The Morgan fingerprint density at radius 2 is 1.76 bits per heavy atom. The number of aliphatic hydroxyl groups excluding tert-OH is 2. The van der Waals surface area contributed by atoms with Gasteiger partial charge in [0.25, 0.3) is 0 Å². The molecule has 0 bridgehead atoms. The Hall–Kier alpha value is -0.410. The molecule has 142 valence electrons. The van der Waals surface area contributed by atoms with E-state index in [9.17, 15) is 15.0 Å². The van der Waals surface area contributed by atoms with Crippen molar-refractivity contribution in [3.05, 3.63) is 0 Å². The first-order valence-electron chi connectivity index (χ1n) is 10.6. The number of carbonyl (C=O) groups is 1. The Labute approximate surface area is 152 Å². The maximum atomic E-state index is 13.4. The SMILES string of the molecule is CC(C)[C@H]1CC[C@H]2C3[C@H](O)CC4CC(O)CC[C@]4(C)[C@H]3CC(=O)[C@]12C. The van der Waals surface area contributed by atoms with Crippen LogP contribution in [-0.2, 0) is 4.79 Å². The van der Waals surface area contributed by atoms with Gasteiger partial charge in [-0.2, -0.15) is 0 Å². The number of hydrogen-bond donors (Lipinski definition) is 2. The van der Waals surface area contributed by atoms with Gasteiger partial charge in [0.1, 0.15) is 5.78 Å². The van der Waals surface area contributed by atoms with Crippen molar-refractivity contribution in [1.82, 2.24) is 0 Å². The van der Waals surface area contributed by atoms with Crippen LogP contribution in [0.4, 0.5) is 0 Å². The molecule has 4 rings (SSSR count). The Kier molecular flexibility index (Phi) is 4.16. The zero-order valence-electron chi connectivity index (χ0n) is 16.4. The highest BCUT2D eigenvalue weighted by Gasteiger charge is 2.65. The number of hydrogen-bond acceptors (Lipinski definition) is 3. The summed E-state index contributed by atoms with van der Waals surface area (Å²) in [7, 11) is 0. The largest absolute Gasteiger partial charge is 0.393 e. The third kappa shape index (κ3) is 2.34. The van der Waals surface area contributed by atoms with E-state index in [1.807, 2.05) is 0 Å². The van der Waals surface area contributed by atoms with E-state index in [0.717, 1.165) is 38.5 Å². The molecule has 3 nitrogen and oxygen atoms in total. The zero-order chi connectivity index (χ0) is 18.1. The fourth-order valence-corrected chi connectivity index (χ4v) is 8.01. The van der Waals surface area contributed by atoms with Crippen LogP contribution in [0, 0.1) is 46.3 Å². The number of rotatable bonds is 1. The maximum Gasteiger partial charge on any atom is 0.139 e. The topological polar surface area (TPSA) is 57.5 Å². The number of ketones is 1. The minimum atomic E-state index is -0.295. The van der Waals surface area contributed by atoms with E-state index in [0.29, 0.717) is 41.8 Å². The van der Waals surface area contributed by atoms with E-state index >= 15 is 0 Å². The average molecular weight is 349 g/mol. The van der Waals surface area contributed by atoms with Gasteiger partial charge in [-0.3, -0.25) is 4.79 Å². The lowest BCUT2D eigenvalue weighted by atomic mass is 9.43. The number of fused-ring (bicyclic) bond motifs is 5. The Balaban J connectivity index is 1.71. The van der Waals surface area contributed by atoms with Crippen LogP contribution >= 0.6 is 0 Å². The van der Waals surface area contributed by atoms with Crippen LogP contribution in [-0.4, -0.2) is 28.2 Å². The van der Waals surface area contributed by atoms with Gasteiger partial charge in [-0.05, 0) is 79.4 Å². The highest BCUT2D eigenvalue weighted by molar-refractivity contribution is 5.87. The summed E-state index contributed by atoms with van der Waals surface area (Å²) in [5, 5.41) is 21.3. The lowest BCUT2D eigenvalue weighted by Gasteiger charge is -2.61. The summed E-state index contributed by atoms with van der Waals surface area (Å²) in [5.41, 5.74) is -0.107. The summed E-state index contributed by atoms with van der Waals surface area (Å²) in [6.07, 6.45) is 5.88. The van der Waals surface area contributed by atoms with Gasteiger partial charge >= 0.3 is 0 Å². The van der Waals surface area contributed by atoms with Crippen LogP contribution in [0.3, 0.4) is 0 Å². The second-order valence-corrected chi connectivity index (χ2v) is 10.6. The second-order valence-electron chi connectivity index (χ2n) is 10.6.